The van der Waals surface area contributed by atoms with Crippen LogP contribution in [-0.2, 0) is 4.79 Å². The molecule has 0 fully saturated rings. The molecule has 5 heteroatoms. The first-order valence-electron chi connectivity index (χ1n) is 5.98. The van der Waals surface area contributed by atoms with E-state index in [1.807, 2.05) is 37.3 Å². The molecule has 0 radical (unpaired) electrons. The summed E-state index contributed by atoms with van der Waals surface area (Å²) < 4.78 is 0. The Morgan fingerprint density at radius 1 is 1.32 bits per heavy atom. The van der Waals surface area contributed by atoms with Crippen LogP contribution in [0.15, 0.2) is 41.3 Å². The van der Waals surface area contributed by atoms with Crippen LogP contribution < -0.4 is 11.3 Å². The summed E-state index contributed by atoms with van der Waals surface area (Å²) in [7, 11) is 0. The summed E-state index contributed by atoms with van der Waals surface area (Å²) >= 11 is 1.60. The number of fused-ring (bicyclic) bond motifs is 1. The predicted molar refractivity (Wildman–Crippen MR) is 77.9 cm³/mol. The molecule has 1 unspecified atom stereocenters. The van der Waals surface area contributed by atoms with Gasteiger partial charge in [0.1, 0.15) is 5.75 Å². The SMILES string of the molecule is CC(CC(=O)NN)Sc1ccc(O)c2ccccc12. The molecule has 4 nitrogen and oxygen atoms in total. The van der Waals surface area contributed by atoms with Gasteiger partial charge in [-0.25, -0.2) is 5.84 Å². The lowest BCUT2D eigenvalue weighted by Gasteiger charge is -2.12. The minimum absolute atomic E-state index is 0.108. The molecule has 0 aliphatic carbocycles. The van der Waals surface area contributed by atoms with E-state index in [9.17, 15) is 9.90 Å². The average Bonchev–Trinajstić information content (AvgIpc) is 2.42. The fraction of sp³-hybridized carbons (Fsp3) is 0.214. The lowest BCUT2D eigenvalue weighted by atomic mass is 10.1. The van der Waals surface area contributed by atoms with Crippen molar-refractivity contribution < 1.29 is 9.90 Å². The van der Waals surface area contributed by atoms with Crippen LogP contribution in [0.1, 0.15) is 13.3 Å². The van der Waals surface area contributed by atoms with Gasteiger partial charge in [-0.05, 0) is 17.5 Å². The van der Waals surface area contributed by atoms with Gasteiger partial charge in [0, 0.05) is 22.0 Å². The van der Waals surface area contributed by atoms with E-state index in [1.54, 1.807) is 17.8 Å². The number of aromatic hydroxyl groups is 1. The molecule has 0 saturated heterocycles. The molecule has 0 spiro atoms. The third-order valence-electron chi connectivity index (χ3n) is 2.82. The van der Waals surface area contributed by atoms with Crippen LogP contribution in [0.25, 0.3) is 10.8 Å². The third kappa shape index (κ3) is 3.19. The fourth-order valence-electron chi connectivity index (χ4n) is 1.94. The van der Waals surface area contributed by atoms with Gasteiger partial charge < -0.3 is 5.11 Å². The Labute approximate surface area is 116 Å². The van der Waals surface area contributed by atoms with Crippen molar-refractivity contribution in [3.63, 3.8) is 0 Å². The number of phenols is 1. The molecule has 1 atom stereocenters. The fourth-order valence-corrected chi connectivity index (χ4v) is 3.06. The Morgan fingerprint density at radius 3 is 2.68 bits per heavy atom. The van der Waals surface area contributed by atoms with Crippen molar-refractivity contribution >= 4 is 28.4 Å². The van der Waals surface area contributed by atoms with Crippen LogP contribution in [0, 0.1) is 0 Å². The zero-order valence-electron chi connectivity index (χ0n) is 10.6. The van der Waals surface area contributed by atoms with E-state index in [0.29, 0.717) is 6.42 Å². The second kappa shape index (κ2) is 5.95. The Hall–Kier alpha value is -1.72. The maximum absolute atomic E-state index is 11.2. The van der Waals surface area contributed by atoms with E-state index in [2.05, 4.69) is 5.43 Å². The third-order valence-corrected chi connectivity index (χ3v) is 4.00. The van der Waals surface area contributed by atoms with Crippen molar-refractivity contribution in [1.29, 1.82) is 0 Å². The van der Waals surface area contributed by atoms with Crippen LogP contribution >= 0.6 is 11.8 Å². The van der Waals surface area contributed by atoms with E-state index in [0.717, 1.165) is 15.7 Å². The van der Waals surface area contributed by atoms with E-state index >= 15 is 0 Å². The first-order chi connectivity index (χ1) is 9.11. The molecule has 0 saturated carbocycles. The summed E-state index contributed by atoms with van der Waals surface area (Å²) in [6.45, 7) is 1.97. The molecule has 4 N–H and O–H groups in total. The minimum atomic E-state index is -0.178. The minimum Gasteiger partial charge on any atom is -0.507 e. The van der Waals surface area contributed by atoms with E-state index < -0.39 is 0 Å². The van der Waals surface area contributed by atoms with Gasteiger partial charge in [0.25, 0.3) is 0 Å². The van der Waals surface area contributed by atoms with Crippen molar-refractivity contribution in [2.45, 2.75) is 23.5 Å². The molecular weight excluding hydrogens is 260 g/mol. The number of thioether (sulfide) groups is 1. The number of benzene rings is 2. The highest BCUT2D eigenvalue weighted by atomic mass is 32.2. The predicted octanol–water partition coefficient (Wildman–Crippen LogP) is 2.41. The van der Waals surface area contributed by atoms with Crippen LogP contribution in [0.2, 0.25) is 0 Å². The molecule has 0 bridgehead atoms. The van der Waals surface area contributed by atoms with E-state index in [4.69, 9.17) is 5.84 Å². The molecule has 19 heavy (non-hydrogen) atoms. The number of nitrogens with two attached hydrogens (primary N) is 1. The first kappa shape index (κ1) is 13.7. The highest BCUT2D eigenvalue weighted by Gasteiger charge is 2.12. The molecule has 0 aromatic heterocycles. The van der Waals surface area contributed by atoms with Crippen molar-refractivity contribution in [1.82, 2.24) is 5.43 Å². The Kier molecular flexibility index (Phi) is 4.29. The number of carbonyl (C=O) groups excluding carboxylic acids is 1. The molecular formula is C14H16N2O2S. The maximum Gasteiger partial charge on any atom is 0.234 e. The van der Waals surface area contributed by atoms with Crippen molar-refractivity contribution in [3.8, 4) is 5.75 Å². The van der Waals surface area contributed by atoms with Gasteiger partial charge in [-0.2, -0.15) is 0 Å². The van der Waals surface area contributed by atoms with Gasteiger partial charge >= 0.3 is 0 Å². The molecule has 2 aromatic carbocycles. The topological polar surface area (TPSA) is 75.4 Å². The number of amides is 1. The van der Waals surface area contributed by atoms with Crippen LogP contribution in [-0.4, -0.2) is 16.3 Å². The normalized spacial score (nSPS) is 12.3. The van der Waals surface area contributed by atoms with Gasteiger partial charge in [-0.3, -0.25) is 10.2 Å². The molecule has 0 aliphatic heterocycles. The summed E-state index contributed by atoms with van der Waals surface area (Å²) in [5.41, 5.74) is 2.14. The standard InChI is InChI=1S/C14H16N2O2S/c1-9(8-14(18)16-15)19-13-7-6-12(17)10-4-2-3-5-11(10)13/h2-7,9,17H,8,15H2,1H3,(H,16,18). The van der Waals surface area contributed by atoms with Crippen LogP contribution in [0.5, 0.6) is 5.75 Å². The number of carbonyl (C=O) groups is 1. The largest absolute Gasteiger partial charge is 0.507 e. The smallest absolute Gasteiger partial charge is 0.234 e. The molecule has 0 heterocycles. The summed E-state index contributed by atoms with van der Waals surface area (Å²) in [4.78, 5) is 12.3. The Balaban J connectivity index is 2.26. The average molecular weight is 276 g/mol. The number of hydrogen-bond acceptors (Lipinski definition) is 4. The maximum atomic E-state index is 11.2. The molecule has 100 valence electrons. The summed E-state index contributed by atoms with van der Waals surface area (Å²) in [6, 6.07) is 11.2. The zero-order chi connectivity index (χ0) is 13.8. The summed E-state index contributed by atoms with van der Waals surface area (Å²) in [6.07, 6.45) is 0.358. The number of nitrogens with one attached hydrogen (secondary N) is 1. The highest BCUT2D eigenvalue weighted by Crippen LogP contribution is 2.35. The van der Waals surface area contributed by atoms with E-state index in [-0.39, 0.29) is 16.9 Å². The molecule has 2 rings (SSSR count). The van der Waals surface area contributed by atoms with E-state index in [1.165, 1.54) is 0 Å². The Morgan fingerprint density at radius 2 is 2.00 bits per heavy atom. The summed E-state index contributed by atoms with van der Waals surface area (Å²) in [5, 5.41) is 11.7. The number of rotatable bonds is 4. The lowest BCUT2D eigenvalue weighted by Crippen LogP contribution is -2.31. The van der Waals surface area contributed by atoms with Crippen LogP contribution in [0.3, 0.4) is 0 Å². The number of hydrogen-bond donors (Lipinski definition) is 3. The van der Waals surface area contributed by atoms with Gasteiger partial charge in [0.05, 0.1) is 0 Å². The molecule has 1 amide bonds. The molecule has 0 aliphatic rings. The van der Waals surface area contributed by atoms with Crippen molar-refractivity contribution in [2.75, 3.05) is 0 Å². The van der Waals surface area contributed by atoms with Crippen molar-refractivity contribution in [2.24, 2.45) is 5.84 Å². The molecule has 2 aromatic rings. The quantitative estimate of drug-likeness (QED) is 0.347. The van der Waals surface area contributed by atoms with Gasteiger partial charge in [0.2, 0.25) is 5.91 Å². The van der Waals surface area contributed by atoms with Crippen molar-refractivity contribution in [3.05, 3.63) is 36.4 Å². The van der Waals surface area contributed by atoms with Gasteiger partial charge in [-0.1, -0.05) is 31.2 Å². The first-order valence-corrected chi connectivity index (χ1v) is 6.86. The second-order valence-electron chi connectivity index (χ2n) is 4.33. The highest BCUT2D eigenvalue weighted by molar-refractivity contribution is 8.00. The number of hydrazine groups is 1. The summed E-state index contributed by atoms with van der Waals surface area (Å²) in [5.74, 6) is 5.18. The van der Waals surface area contributed by atoms with Gasteiger partial charge in [0.15, 0.2) is 0 Å². The lowest BCUT2D eigenvalue weighted by molar-refractivity contribution is -0.121. The monoisotopic (exact) mass is 276 g/mol. The Bertz CT molecular complexity index is 601. The van der Waals surface area contributed by atoms with Crippen LogP contribution in [0.4, 0.5) is 0 Å². The second-order valence-corrected chi connectivity index (χ2v) is 5.81. The number of phenolic OH excluding ortho intramolecular Hbond substituents is 1. The van der Waals surface area contributed by atoms with Gasteiger partial charge in [-0.15, -0.1) is 11.8 Å². The zero-order valence-corrected chi connectivity index (χ0v) is 11.4.